The number of carboxylic acid groups (broad SMARTS) is 1. The molecular weight excluding hydrogens is 296 g/mol. The minimum Gasteiger partial charge on any atom is -0.494 e. The average molecular weight is 312 g/mol. The Labute approximate surface area is 132 Å². The Morgan fingerprint density at radius 2 is 2.17 bits per heavy atom. The van der Waals surface area contributed by atoms with Crippen LogP contribution < -0.4 is 10.1 Å². The topological polar surface area (TPSA) is 100 Å². The fourth-order valence-electron chi connectivity index (χ4n) is 2.39. The number of methoxy groups -OCH3 is 1. The molecule has 0 radical (unpaired) electrons. The average Bonchev–Trinajstić information content (AvgIpc) is 3.00. The third kappa shape index (κ3) is 2.94. The lowest BCUT2D eigenvalue weighted by atomic mass is 10.1. The molecule has 3 aromatic rings. The zero-order chi connectivity index (χ0) is 16.4. The maximum absolute atomic E-state index is 10.8. The van der Waals surface area contributed by atoms with E-state index in [1.54, 1.807) is 19.4 Å². The molecule has 23 heavy (non-hydrogen) atoms. The number of carboxylic acids is 1. The Balaban J connectivity index is 2.17. The van der Waals surface area contributed by atoms with Crippen molar-refractivity contribution in [1.82, 2.24) is 15.0 Å². The van der Waals surface area contributed by atoms with Crippen molar-refractivity contribution >= 4 is 22.8 Å². The first kappa shape index (κ1) is 14.8. The second-order valence-corrected chi connectivity index (χ2v) is 5.05. The zero-order valence-electron chi connectivity index (χ0n) is 12.8. The first-order chi connectivity index (χ1) is 11.1. The first-order valence-electron chi connectivity index (χ1n) is 7.04. The van der Waals surface area contributed by atoms with Gasteiger partial charge < -0.3 is 20.1 Å². The molecule has 0 aliphatic carbocycles. The van der Waals surface area contributed by atoms with Crippen molar-refractivity contribution in [1.29, 1.82) is 0 Å². The molecule has 118 valence electrons. The third-order valence-corrected chi connectivity index (χ3v) is 3.42. The SMILES string of the molecule is COc1ccc(C)nc1-c1cc(NCC(=O)O)nc2[nH]ccc12. The normalized spacial score (nSPS) is 10.7. The molecule has 0 bridgehead atoms. The number of hydrogen-bond acceptors (Lipinski definition) is 5. The van der Waals surface area contributed by atoms with E-state index in [1.807, 2.05) is 25.1 Å². The molecule has 3 heterocycles. The van der Waals surface area contributed by atoms with Gasteiger partial charge in [0.25, 0.3) is 0 Å². The second-order valence-electron chi connectivity index (χ2n) is 5.05. The van der Waals surface area contributed by atoms with E-state index in [9.17, 15) is 4.79 Å². The minimum absolute atomic E-state index is 0.211. The summed E-state index contributed by atoms with van der Waals surface area (Å²) in [7, 11) is 1.59. The van der Waals surface area contributed by atoms with Crippen LogP contribution in [0, 0.1) is 6.92 Å². The molecule has 0 fully saturated rings. The highest BCUT2D eigenvalue weighted by Gasteiger charge is 2.15. The Kier molecular flexibility index (Phi) is 3.84. The van der Waals surface area contributed by atoms with Gasteiger partial charge in [0.2, 0.25) is 0 Å². The number of nitrogens with one attached hydrogen (secondary N) is 2. The molecule has 0 saturated heterocycles. The molecule has 7 heteroatoms. The van der Waals surface area contributed by atoms with Crippen LogP contribution in [0.5, 0.6) is 5.75 Å². The van der Waals surface area contributed by atoms with Gasteiger partial charge in [-0.15, -0.1) is 0 Å². The van der Waals surface area contributed by atoms with E-state index in [-0.39, 0.29) is 6.54 Å². The molecular formula is C16H16N4O3. The summed E-state index contributed by atoms with van der Waals surface area (Å²) in [4.78, 5) is 22.7. The number of H-pyrrole nitrogens is 1. The Hall–Kier alpha value is -3.09. The van der Waals surface area contributed by atoms with Crippen molar-refractivity contribution < 1.29 is 14.6 Å². The lowest BCUT2D eigenvalue weighted by molar-refractivity contribution is -0.134. The number of pyridine rings is 2. The molecule has 0 aromatic carbocycles. The number of nitrogens with zero attached hydrogens (tertiary/aromatic N) is 2. The standard InChI is InChI=1S/C16H16N4O3/c1-9-3-4-12(23-2)15(19-9)11-7-13(18-8-14(21)22)20-16-10(11)5-6-17-16/h3-7H,8H2,1-2H3,(H,21,22)(H2,17,18,20). The van der Waals surface area contributed by atoms with Gasteiger partial charge in [-0.2, -0.15) is 0 Å². The van der Waals surface area contributed by atoms with Crippen molar-refractivity contribution in [2.45, 2.75) is 6.92 Å². The van der Waals surface area contributed by atoms with Gasteiger partial charge in [0.1, 0.15) is 29.5 Å². The second kappa shape index (κ2) is 5.96. The summed E-state index contributed by atoms with van der Waals surface area (Å²) in [6.45, 7) is 1.69. The molecule has 0 atom stereocenters. The van der Waals surface area contributed by atoms with Crippen LogP contribution in [0.2, 0.25) is 0 Å². The van der Waals surface area contributed by atoms with Crippen molar-refractivity contribution in [2.24, 2.45) is 0 Å². The van der Waals surface area contributed by atoms with Crippen LogP contribution in [-0.2, 0) is 4.79 Å². The molecule has 0 unspecified atom stereocenters. The summed E-state index contributed by atoms with van der Waals surface area (Å²) in [6, 6.07) is 7.42. The number of rotatable bonds is 5. The molecule has 0 saturated carbocycles. The van der Waals surface area contributed by atoms with Gasteiger partial charge in [-0.25, -0.2) is 9.97 Å². The third-order valence-electron chi connectivity index (χ3n) is 3.42. The van der Waals surface area contributed by atoms with E-state index in [0.717, 1.165) is 16.6 Å². The van der Waals surface area contributed by atoms with E-state index >= 15 is 0 Å². The summed E-state index contributed by atoms with van der Waals surface area (Å²) in [5.74, 6) is 0.155. The van der Waals surface area contributed by atoms with Gasteiger partial charge in [-0.05, 0) is 31.2 Å². The van der Waals surface area contributed by atoms with E-state index in [0.29, 0.717) is 22.9 Å². The fraction of sp³-hybridized carbons (Fsp3) is 0.188. The lowest BCUT2D eigenvalue weighted by Gasteiger charge is -2.11. The van der Waals surface area contributed by atoms with Gasteiger partial charge in [0, 0.05) is 22.8 Å². The predicted octanol–water partition coefficient (Wildman–Crippen LogP) is 2.44. The van der Waals surface area contributed by atoms with Crippen LogP contribution in [0.15, 0.2) is 30.5 Å². The monoisotopic (exact) mass is 312 g/mol. The quantitative estimate of drug-likeness (QED) is 0.669. The number of carbonyl (C=O) groups is 1. The molecule has 7 nitrogen and oxygen atoms in total. The number of ether oxygens (including phenoxy) is 1. The fourth-order valence-corrected chi connectivity index (χ4v) is 2.39. The van der Waals surface area contributed by atoms with E-state index in [1.165, 1.54) is 0 Å². The van der Waals surface area contributed by atoms with Crippen molar-refractivity contribution in [2.75, 3.05) is 19.0 Å². The summed E-state index contributed by atoms with van der Waals surface area (Å²) in [6.07, 6.45) is 1.78. The van der Waals surface area contributed by atoms with Crippen molar-refractivity contribution in [3.8, 4) is 17.0 Å². The summed E-state index contributed by atoms with van der Waals surface area (Å²) < 4.78 is 5.41. The molecule has 0 aliphatic rings. The van der Waals surface area contributed by atoms with Crippen LogP contribution in [0.3, 0.4) is 0 Å². The minimum atomic E-state index is -0.953. The maximum atomic E-state index is 10.8. The predicted molar refractivity (Wildman–Crippen MR) is 86.7 cm³/mol. The van der Waals surface area contributed by atoms with E-state index in [2.05, 4.69) is 20.3 Å². The summed E-state index contributed by atoms with van der Waals surface area (Å²) in [5.41, 5.74) is 3.03. The van der Waals surface area contributed by atoms with Crippen LogP contribution in [-0.4, -0.2) is 39.7 Å². The summed E-state index contributed by atoms with van der Waals surface area (Å²) in [5, 5.41) is 12.5. The zero-order valence-corrected chi connectivity index (χ0v) is 12.8. The van der Waals surface area contributed by atoms with Gasteiger partial charge >= 0.3 is 5.97 Å². The first-order valence-corrected chi connectivity index (χ1v) is 7.04. The molecule has 3 N–H and O–H groups in total. The number of aromatic amines is 1. The van der Waals surface area contributed by atoms with Crippen LogP contribution in [0.25, 0.3) is 22.3 Å². The van der Waals surface area contributed by atoms with Gasteiger partial charge in [0.05, 0.1) is 7.11 Å². The highest BCUT2D eigenvalue weighted by molar-refractivity contribution is 5.95. The number of fused-ring (bicyclic) bond motifs is 1. The van der Waals surface area contributed by atoms with Crippen LogP contribution in [0.1, 0.15) is 5.69 Å². The summed E-state index contributed by atoms with van der Waals surface area (Å²) >= 11 is 0. The molecule has 0 aliphatic heterocycles. The Bertz CT molecular complexity index is 873. The lowest BCUT2D eigenvalue weighted by Crippen LogP contribution is -2.13. The van der Waals surface area contributed by atoms with Crippen molar-refractivity contribution in [3.05, 3.63) is 36.2 Å². The number of aromatic nitrogens is 3. The molecule has 0 spiro atoms. The molecule has 3 rings (SSSR count). The number of aliphatic carboxylic acids is 1. The van der Waals surface area contributed by atoms with E-state index < -0.39 is 5.97 Å². The van der Waals surface area contributed by atoms with Crippen molar-refractivity contribution in [3.63, 3.8) is 0 Å². The Morgan fingerprint density at radius 3 is 2.91 bits per heavy atom. The number of anilines is 1. The highest BCUT2D eigenvalue weighted by atomic mass is 16.5. The molecule has 3 aromatic heterocycles. The smallest absolute Gasteiger partial charge is 0.322 e. The van der Waals surface area contributed by atoms with Gasteiger partial charge in [0.15, 0.2) is 0 Å². The van der Waals surface area contributed by atoms with Gasteiger partial charge in [-0.3, -0.25) is 4.79 Å². The molecule has 0 amide bonds. The maximum Gasteiger partial charge on any atom is 0.322 e. The largest absolute Gasteiger partial charge is 0.494 e. The highest BCUT2D eigenvalue weighted by Crippen LogP contribution is 2.34. The number of aryl methyl sites for hydroxylation is 1. The van der Waals surface area contributed by atoms with Crippen LogP contribution in [0.4, 0.5) is 5.82 Å². The van der Waals surface area contributed by atoms with Crippen LogP contribution >= 0.6 is 0 Å². The number of hydrogen-bond donors (Lipinski definition) is 3. The van der Waals surface area contributed by atoms with E-state index in [4.69, 9.17) is 9.84 Å². The Morgan fingerprint density at radius 1 is 1.35 bits per heavy atom. The van der Waals surface area contributed by atoms with Gasteiger partial charge in [-0.1, -0.05) is 0 Å².